The van der Waals surface area contributed by atoms with Crippen LogP contribution in [0.1, 0.15) is 78.1 Å². The van der Waals surface area contributed by atoms with Crippen molar-refractivity contribution in [1.29, 1.82) is 0 Å². The summed E-state index contributed by atoms with van der Waals surface area (Å²) in [7, 11) is 0. The van der Waals surface area contributed by atoms with Gasteiger partial charge in [-0.15, -0.1) is 0 Å². The van der Waals surface area contributed by atoms with Crippen molar-refractivity contribution in [1.82, 2.24) is 0 Å². The Labute approximate surface area is 102 Å². The van der Waals surface area contributed by atoms with Crippen molar-refractivity contribution in [3.05, 3.63) is 0 Å². The van der Waals surface area contributed by atoms with E-state index in [1.54, 1.807) is 0 Å². The molecule has 0 bridgehead atoms. The van der Waals surface area contributed by atoms with E-state index in [9.17, 15) is 5.11 Å². The molecule has 0 aliphatic carbocycles. The third kappa shape index (κ3) is 8.12. The van der Waals surface area contributed by atoms with Crippen molar-refractivity contribution in [3.63, 3.8) is 0 Å². The Morgan fingerprint density at radius 3 is 1.88 bits per heavy atom. The van der Waals surface area contributed by atoms with Crippen LogP contribution in [0.5, 0.6) is 0 Å². The fraction of sp³-hybridized carbons (Fsp3) is 1.00. The maximum absolute atomic E-state index is 10.1. The molecule has 16 heavy (non-hydrogen) atoms. The first-order valence-electron chi connectivity index (χ1n) is 7.11. The molecule has 0 aromatic carbocycles. The molecule has 0 saturated carbocycles. The standard InChI is InChI=1S/C14H31NO/c1-3-5-6-7-8-9-10-12-14(16,13-15)11-4-2/h16H,3-13,15H2,1-2H3. The first kappa shape index (κ1) is 15.9. The molecular weight excluding hydrogens is 198 g/mol. The van der Waals surface area contributed by atoms with Gasteiger partial charge in [0.1, 0.15) is 0 Å². The summed E-state index contributed by atoms with van der Waals surface area (Å²) < 4.78 is 0. The van der Waals surface area contributed by atoms with Crippen LogP contribution in [0.4, 0.5) is 0 Å². The average Bonchev–Trinajstić information content (AvgIpc) is 2.28. The first-order valence-corrected chi connectivity index (χ1v) is 7.11. The van der Waals surface area contributed by atoms with E-state index in [0.717, 1.165) is 25.7 Å². The van der Waals surface area contributed by atoms with Crippen molar-refractivity contribution >= 4 is 0 Å². The van der Waals surface area contributed by atoms with E-state index in [2.05, 4.69) is 13.8 Å². The lowest BCUT2D eigenvalue weighted by atomic mass is 9.91. The molecule has 2 heteroatoms. The van der Waals surface area contributed by atoms with Crippen LogP contribution in [0.15, 0.2) is 0 Å². The molecule has 0 fully saturated rings. The summed E-state index contributed by atoms with van der Waals surface area (Å²) in [5.41, 5.74) is 5.04. The lowest BCUT2D eigenvalue weighted by Gasteiger charge is -2.25. The Morgan fingerprint density at radius 2 is 1.38 bits per heavy atom. The number of hydrogen-bond acceptors (Lipinski definition) is 2. The molecule has 0 aromatic heterocycles. The summed E-state index contributed by atoms with van der Waals surface area (Å²) in [6.07, 6.45) is 11.8. The van der Waals surface area contributed by atoms with Crippen LogP contribution in [0.3, 0.4) is 0 Å². The summed E-state index contributed by atoms with van der Waals surface area (Å²) in [6.45, 7) is 4.76. The highest BCUT2D eigenvalue weighted by Crippen LogP contribution is 2.20. The highest BCUT2D eigenvalue weighted by atomic mass is 16.3. The number of rotatable bonds is 11. The van der Waals surface area contributed by atoms with E-state index in [0.29, 0.717) is 6.54 Å². The van der Waals surface area contributed by atoms with Crippen molar-refractivity contribution in [2.75, 3.05) is 6.54 Å². The fourth-order valence-corrected chi connectivity index (χ4v) is 2.21. The van der Waals surface area contributed by atoms with Gasteiger partial charge in [0, 0.05) is 6.54 Å². The van der Waals surface area contributed by atoms with Crippen molar-refractivity contribution in [2.24, 2.45) is 5.73 Å². The number of unbranched alkanes of at least 4 members (excludes halogenated alkanes) is 6. The van der Waals surface area contributed by atoms with Gasteiger partial charge in [-0.2, -0.15) is 0 Å². The zero-order chi connectivity index (χ0) is 12.3. The van der Waals surface area contributed by atoms with Gasteiger partial charge >= 0.3 is 0 Å². The second-order valence-corrected chi connectivity index (χ2v) is 5.05. The smallest absolute Gasteiger partial charge is 0.0769 e. The quantitative estimate of drug-likeness (QED) is 0.532. The third-order valence-electron chi connectivity index (χ3n) is 3.34. The van der Waals surface area contributed by atoms with Crippen molar-refractivity contribution < 1.29 is 5.11 Å². The predicted octanol–water partition coefficient (Wildman–Crippen LogP) is 3.62. The molecule has 0 radical (unpaired) electrons. The van der Waals surface area contributed by atoms with Gasteiger partial charge in [-0.1, -0.05) is 65.2 Å². The van der Waals surface area contributed by atoms with Crippen LogP contribution in [0, 0.1) is 0 Å². The van der Waals surface area contributed by atoms with E-state index < -0.39 is 5.60 Å². The van der Waals surface area contributed by atoms with Gasteiger partial charge < -0.3 is 10.8 Å². The molecule has 0 aromatic rings. The van der Waals surface area contributed by atoms with E-state index in [4.69, 9.17) is 5.73 Å². The summed E-state index contributed by atoms with van der Waals surface area (Å²) in [4.78, 5) is 0. The van der Waals surface area contributed by atoms with Crippen molar-refractivity contribution in [2.45, 2.75) is 83.7 Å². The molecule has 1 unspecified atom stereocenters. The largest absolute Gasteiger partial charge is 0.389 e. The molecule has 0 aliphatic heterocycles. The zero-order valence-electron chi connectivity index (χ0n) is 11.3. The number of aliphatic hydroxyl groups is 1. The Kier molecular flexibility index (Phi) is 10.0. The second kappa shape index (κ2) is 10.1. The summed E-state index contributed by atoms with van der Waals surface area (Å²) in [6, 6.07) is 0. The zero-order valence-corrected chi connectivity index (χ0v) is 11.3. The summed E-state index contributed by atoms with van der Waals surface area (Å²) >= 11 is 0. The van der Waals surface area contributed by atoms with E-state index in [1.807, 2.05) is 0 Å². The average molecular weight is 229 g/mol. The molecule has 0 amide bonds. The second-order valence-electron chi connectivity index (χ2n) is 5.05. The highest BCUT2D eigenvalue weighted by Gasteiger charge is 2.22. The molecule has 0 spiro atoms. The van der Waals surface area contributed by atoms with E-state index >= 15 is 0 Å². The third-order valence-corrected chi connectivity index (χ3v) is 3.34. The molecule has 3 N–H and O–H groups in total. The van der Waals surface area contributed by atoms with Crippen LogP contribution < -0.4 is 5.73 Å². The molecule has 1 atom stereocenters. The minimum Gasteiger partial charge on any atom is -0.389 e. The highest BCUT2D eigenvalue weighted by molar-refractivity contribution is 4.78. The van der Waals surface area contributed by atoms with Crippen LogP contribution in [-0.4, -0.2) is 17.3 Å². The minimum atomic E-state index is -0.585. The van der Waals surface area contributed by atoms with Gasteiger partial charge in [0.2, 0.25) is 0 Å². The summed E-state index contributed by atoms with van der Waals surface area (Å²) in [5.74, 6) is 0. The van der Waals surface area contributed by atoms with Gasteiger partial charge in [0.15, 0.2) is 0 Å². The number of hydrogen-bond donors (Lipinski definition) is 2. The lowest BCUT2D eigenvalue weighted by Crippen LogP contribution is -2.37. The topological polar surface area (TPSA) is 46.2 Å². The molecule has 0 rings (SSSR count). The molecule has 2 nitrogen and oxygen atoms in total. The Morgan fingerprint density at radius 1 is 0.812 bits per heavy atom. The minimum absolute atomic E-state index is 0.413. The number of nitrogens with two attached hydrogens (primary N) is 1. The van der Waals surface area contributed by atoms with E-state index in [-0.39, 0.29) is 0 Å². The normalized spacial score (nSPS) is 15.0. The van der Waals surface area contributed by atoms with Crippen LogP contribution in [-0.2, 0) is 0 Å². The van der Waals surface area contributed by atoms with Crippen molar-refractivity contribution in [3.8, 4) is 0 Å². The van der Waals surface area contributed by atoms with Gasteiger partial charge in [-0.3, -0.25) is 0 Å². The Balaban J connectivity index is 3.41. The molecule has 98 valence electrons. The SMILES string of the molecule is CCCCCCCCCC(O)(CN)CCC. The fourth-order valence-electron chi connectivity index (χ4n) is 2.21. The Hall–Kier alpha value is -0.0800. The van der Waals surface area contributed by atoms with Gasteiger partial charge in [-0.25, -0.2) is 0 Å². The maximum atomic E-state index is 10.1. The monoisotopic (exact) mass is 229 g/mol. The molecular formula is C14H31NO. The van der Waals surface area contributed by atoms with Gasteiger partial charge in [0.05, 0.1) is 5.60 Å². The van der Waals surface area contributed by atoms with E-state index in [1.165, 1.54) is 38.5 Å². The Bertz CT molecular complexity index is 150. The summed E-state index contributed by atoms with van der Waals surface area (Å²) in [5, 5.41) is 10.1. The predicted molar refractivity (Wildman–Crippen MR) is 71.5 cm³/mol. The van der Waals surface area contributed by atoms with Gasteiger partial charge in [-0.05, 0) is 12.8 Å². The lowest BCUT2D eigenvalue weighted by molar-refractivity contribution is 0.0283. The van der Waals surface area contributed by atoms with Crippen LogP contribution in [0.25, 0.3) is 0 Å². The van der Waals surface area contributed by atoms with Crippen LogP contribution in [0.2, 0.25) is 0 Å². The van der Waals surface area contributed by atoms with Crippen LogP contribution >= 0.6 is 0 Å². The molecule has 0 aliphatic rings. The first-order chi connectivity index (χ1) is 7.68. The molecule has 0 saturated heterocycles. The maximum Gasteiger partial charge on any atom is 0.0769 e. The molecule has 0 heterocycles. The van der Waals surface area contributed by atoms with Gasteiger partial charge in [0.25, 0.3) is 0 Å².